The van der Waals surface area contributed by atoms with Crippen LogP contribution in [0, 0.1) is 6.92 Å². The van der Waals surface area contributed by atoms with Crippen LogP contribution < -0.4 is 15.5 Å². The molecule has 8 heteroatoms. The molecule has 0 fully saturated rings. The molecule has 2 aromatic heterocycles. The lowest BCUT2D eigenvalue weighted by Crippen LogP contribution is -2.28. The Bertz CT molecular complexity index is 597. The minimum atomic E-state index is -0.290. The van der Waals surface area contributed by atoms with E-state index in [1.165, 1.54) is 12.3 Å². The second-order valence-corrected chi connectivity index (χ2v) is 4.61. The summed E-state index contributed by atoms with van der Waals surface area (Å²) < 4.78 is 4.76. The molecule has 0 aromatic carbocycles. The summed E-state index contributed by atoms with van der Waals surface area (Å²) in [4.78, 5) is 22.1. The van der Waals surface area contributed by atoms with Crippen molar-refractivity contribution in [3.63, 3.8) is 0 Å². The van der Waals surface area contributed by atoms with Gasteiger partial charge in [0.2, 0.25) is 5.76 Å². The van der Waals surface area contributed by atoms with Crippen LogP contribution in [0.1, 0.15) is 16.4 Å². The maximum Gasteiger partial charge on any atom is 0.289 e. The van der Waals surface area contributed by atoms with E-state index in [0.29, 0.717) is 18.9 Å². The number of hydrogen-bond acceptors (Lipinski definition) is 7. The number of rotatable bonds is 6. The zero-order valence-electron chi connectivity index (χ0n) is 12.3. The molecular formula is C13H18N6O2. The molecular weight excluding hydrogens is 272 g/mol. The van der Waals surface area contributed by atoms with E-state index in [1.807, 2.05) is 32.0 Å². The first-order chi connectivity index (χ1) is 10.1. The molecule has 2 rings (SSSR count). The van der Waals surface area contributed by atoms with Gasteiger partial charge in [0.1, 0.15) is 17.5 Å². The molecule has 0 bridgehead atoms. The summed E-state index contributed by atoms with van der Waals surface area (Å²) in [5.41, 5.74) is 0. The molecule has 112 valence electrons. The molecule has 2 N–H and O–H groups in total. The quantitative estimate of drug-likeness (QED) is 0.755. The third-order valence-corrected chi connectivity index (χ3v) is 2.66. The molecule has 0 aliphatic rings. The van der Waals surface area contributed by atoms with Crippen LogP contribution >= 0.6 is 0 Å². The highest BCUT2D eigenvalue weighted by Gasteiger charge is 2.08. The van der Waals surface area contributed by atoms with Crippen LogP contribution in [0.25, 0.3) is 0 Å². The van der Waals surface area contributed by atoms with Crippen molar-refractivity contribution in [2.75, 3.05) is 37.4 Å². The Labute approximate surface area is 122 Å². The van der Waals surface area contributed by atoms with Gasteiger partial charge in [0.25, 0.3) is 5.91 Å². The fraction of sp³-hybridized carbons (Fsp3) is 0.385. The van der Waals surface area contributed by atoms with Gasteiger partial charge in [-0.3, -0.25) is 4.79 Å². The van der Waals surface area contributed by atoms with Crippen molar-refractivity contribution in [3.05, 3.63) is 29.9 Å². The molecule has 0 radical (unpaired) electrons. The highest BCUT2D eigenvalue weighted by molar-refractivity contribution is 5.91. The van der Waals surface area contributed by atoms with Gasteiger partial charge in [-0.1, -0.05) is 5.16 Å². The van der Waals surface area contributed by atoms with Crippen molar-refractivity contribution in [2.45, 2.75) is 6.92 Å². The molecule has 0 atom stereocenters. The van der Waals surface area contributed by atoms with Gasteiger partial charge in [-0.2, -0.15) is 0 Å². The Morgan fingerprint density at radius 1 is 1.33 bits per heavy atom. The number of hydrogen-bond donors (Lipinski definition) is 2. The van der Waals surface area contributed by atoms with Gasteiger partial charge in [-0.15, -0.1) is 0 Å². The molecule has 2 aromatic rings. The largest absolute Gasteiger partial charge is 0.368 e. The fourth-order valence-electron chi connectivity index (χ4n) is 1.66. The van der Waals surface area contributed by atoms with Crippen LogP contribution in [0.4, 0.5) is 11.6 Å². The van der Waals surface area contributed by atoms with Crippen molar-refractivity contribution < 1.29 is 9.32 Å². The number of aryl methyl sites for hydroxylation is 1. The molecule has 2 heterocycles. The second-order valence-electron chi connectivity index (χ2n) is 4.61. The van der Waals surface area contributed by atoms with Crippen molar-refractivity contribution in [1.29, 1.82) is 0 Å². The maximum absolute atomic E-state index is 11.6. The van der Waals surface area contributed by atoms with E-state index >= 15 is 0 Å². The SMILES string of the molecule is Cc1nc(NCCNC(=O)c2ccno2)cc(N(C)C)n1. The van der Waals surface area contributed by atoms with Gasteiger partial charge in [0.15, 0.2) is 0 Å². The van der Waals surface area contributed by atoms with Crippen LogP contribution in [0.5, 0.6) is 0 Å². The Kier molecular flexibility index (Phi) is 4.70. The van der Waals surface area contributed by atoms with Crippen LogP contribution in [-0.4, -0.2) is 48.2 Å². The zero-order valence-corrected chi connectivity index (χ0v) is 12.3. The number of carbonyl (C=O) groups excluding carboxylic acids is 1. The Morgan fingerprint density at radius 2 is 2.14 bits per heavy atom. The highest BCUT2D eigenvalue weighted by atomic mass is 16.5. The molecule has 0 aliphatic heterocycles. The van der Waals surface area contributed by atoms with Crippen LogP contribution in [0.15, 0.2) is 22.9 Å². The smallest absolute Gasteiger partial charge is 0.289 e. The Morgan fingerprint density at radius 3 is 2.81 bits per heavy atom. The fourth-order valence-corrected chi connectivity index (χ4v) is 1.66. The summed E-state index contributed by atoms with van der Waals surface area (Å²) >= 11 is 0. The molecule has 0 saturated heterocycles. The Hall–Kier alpha value is -2.64. The third-order valence-electron chi connectivity index (χ3n) is 2.66. The van der Waals surface area contributed by atoms with Gasteiger partial charge in [0, 0.05) is 39.3 Å². The summed E-state index contributed by atoms with van der Waals surface area (Å²) in [5.74, 6) is 2.15. The topological polar surface area (TPSA) is 96.2 Å². The summed E-state index contributed by atoms with van der Waals surface area (Å²) in [5, 5.41) is 9.34. The van der Waals surface area contributed by atoms with Crippen LogP contribution in [0.3, 0.4) is 0 Å². The Balaban J connectivity index is 1.82. The molecule has 21 heavy (non-hydrogen) atoms. The van der Waals surface area contributed by atoms with E-state index in [9.17, 15) is 4.79 Å². The highest BCUT2D eigenvalue weighted by Crippen LogP contribution is 2.12. The summed E-state index contributed by atoms with van der Waals surface area (Å²) in [6.07, 6.45) is 1.43. The maximum atomic E-state index is 11.6. The summed E-state index contributed by atoms with van der Waals surface area (Å²) in [6, 6.07) is 3.37. The summed E-state index contributed by atoms with van der Waals surface area (Å²) in [7, 11) is 3.84. The first-order valence-electron chi connectivity index (χ1n) is 6.52. The average molecular weight is 290 g/mol. The minimum Gasteiger partial charge on any atom is -0.368 e. The number of amides is 1. The molecule has 0 unspecified atom stereocenters. The lowest BCUT2D eigenvalue weighted by molar-refractivity contribution is 0.0918. The normalized spacial score (nSPS) is 10.2. The van der Waals surface area contributed by atoms with E-state index in [-0.39, 0.29) is 11.7 Å². The van der Waals surface area contributed by atoms with E-state index in [1.54, 1.807) is 0 Å². The molecule has 8 nitrogen and oxygen atoms in total. The van der Waals surface area contributed by atoms with Crippen molar-refractivity contribution in [3.8, 4) is 0 Å². The van der Waals surface area contributed by atoms with Crippen molar-refractivity contribution >= 4 is 17.5 Å². The zero-order chi connectivity index (χ0) is 15.2. The van der Waals surface area contributed by atoms with Gasteiger partial charge < -0.3 is 20.1 Å². The lowest BCUT2D eigenvalue weighted by atomic mass is 10.4. The molecule has 0 saturated carbocycles. The minimum absolute atomic E-state index is 0.197. The average Bonchev–Trinajstić information content (AvgIpc) is 2.97. The molecule has 1 amide bonds. The van der Waals surface area contributed by atoms with E-state index < -0.39 is 0 Å². The second kappa shape index (κ2) is 6.69. The molecule has 0 spiro atoms. The predicted octanol–water partition coefficient (Wildman–Crippen LogP) is 0.681. The number of nitrogens with one attached hydrogen (secondary N) is 2. The van der Waals surface area contributed by atoms with E-state index in [0.717, 1.165) is 11.6 Å². The van der Waals surface area contributed by atoms with E-state index in [2.05, 4.69) is 25.8 Å². The lowest BCUT2D eigenvalue weighted by Gasteiger charge is -2.14. The third kappa shape index (κ3) is 4.16. The van der Waals surface area contributed by atoms with Crippen LogP contribution in [0.2, 0.25) is 0 Å². The monoisotopic (exact) mass is 290 g/mol. The van der Waals surface area contributed by atoms with Gasteiger partial charge >= 0.3 is 0 Å². The van der Waals surface area contributed by atoms with E-state index in [4.69, 9.17) is 4.52 Å². The first kappa shape index (κ1) is 14.8. The van der Waals surface area contributed by atoms with Gasteiger partial charge in [0.05, 0.1) is 6.20 Å². The van der Waals surface area contributed by atoms with Crippen LogP contribution in [-0.2, 0) is 0 Å². The van der Waals surface area contributed by atoms with Gasteiger partial charge in [-0.05, 0) is 6.92 Å². The number of aromatic nitrogens is 3. The van der Waals surface area contributed by atoms with Crippen molar-refractivity contribution in [1.82, 2.24) is 20.4 Å². The predicted molar refractivity (Wildman–Crippen MR) is 78.4 cm³/mol. The standard InChI is InChI=1S/C13H18N6O2/c1-9-17-11(8-12(18-9)19(2)3)14-6-7-15-13(20)10-4-5-16-21-10/h4-5,8H,6-7H2,1-3H3,(H,15,20)(H,14,17,18). The number of nitrogens with zero attached hydrogens (tertiary/aromatic N) is 4. The number of anilines is 2. The van der Waals surface area contributed by atoms with Crippen molar-refractivity contribution in [2.24, 2.45) is 0 Å². The molecule has 0 aliphatic carbocycles. The number of carbonyl (C=O) groups is 1. The van der Waals surface area contributed by atoms with Gasteiger partial charge in [-0.25, -0.2) is 9.97 Å². The first-order valence-corrected chi connectivity index (χ1v) is 6.52. The summed E-state index contributed by atoms with van der Waals surface area (Å²) in [6.45, 7) is 2.83.